The van der Waals surface area contributed by atoms with E-state index in [0.29, 0.717) is 5.92 Å². The minimum Gasteiger partial charge on any atom is -0.355 e. The van der Waals surface area contributed by atoms with Crippen molar-refractivity contribution >= 4 is 5.95 Å². The molecule has 0 amide bonds. The van der Waals surface area contributed by atoms with Gasteiger partial charge >= 0.3 is 0 Å². The van der Waals surface area contributed by atoms with Crippen LogP contribution in [0.1, 0.15) is 25.2 Å². The Kier molecular flexibility index (Phi) is 4.55. The van der Waals surface area contributed by atoms with Gasteiger partial charge in [-0.15, -0.1) is 0 Å². The van der Waals surface area contributed by atoms with Crippen molar-refractivity contribution in [2.24, 2.45) is 5.92 Å². The molecule has 0 saturated carbocycles. The summed E-state index contributed by atoms with van der Waals surface area (Å²) in [5.41, 5.74) is 2.16. The van der Waals surface area contributed by atoms with Gasteiger partial charge in [0.1, 0.15) is 0 Å². The molecule has 2 rings (SSSR count). The monoisotopic (exact) mass is 258 g/mol. The second-order valence-corrected chi connectivity index (χ2v) is 5.25. The lowest BCUT2D eigenvalue weighted by molar-refractivity contribution is 0.657. The Bertz CT molecular complexity index is 502. The van der Waals surface area contributed by atoms with E-state index < -0.39 is 0 Å². The van der Waals surface area contributed by atoms with Crippen LogP contribution in [0.5, 0.6) is 0 Å². The smallest absolute Gasteiger partial charge is 0.203 e. The number of hydrogen-bond acceptors (Lipinski definition) is 3. The zero-order chi connectivity index (χ0) is 13.7. The molecule has 4 heteroatoms. The fraction of sp³-hybridized carbons (Fsp3) is 0.467. The lowest BCUT2D eigenvalue weighted by atomic mass is 10.2. The second kappa shape index (κ2) is 6.36. The molecule has 0 fully saturated rings. The molecular weight excluding hydrogens is 236 g/mol. The zero-order valence-electron chi connectivity index (χ0n) is 11.9. The Balaban J connectivity index is 1.99. The van der Waals surface area contributed by atoms with Crippen LogP contribution in [0, 0.1) is 12.8 Å². The average Bonchev–Trinajstić information content (AvgIpc) is 2.75. The Hall–Kier alpha value is -1.84. The lowest BCUT2D eigenvalue weighted by Gasteiger charge is -2.11. The number of pyridine rings is 1. The molecule has 0 aliphatic heterocycles. The number of imidazole rings is 1. The molecule has 0 aromatic carbocycles. The molecule has 0 aliphatic rings. The first-order chi connectivity index (χ1) is 9.15. The minimum absolute atomic E-state index is 0.612. The fourth-order valence-electron chi connectivity index (χ4n) is 1.93. The molecule has 4 nitrogen and oxygen atoms in total. The van der Waals surface area contributed by atoms with Gasteiger partial charge in [0, 0.05) is 37.6 Å². The molecule has 102 valence electrons. The maximum Gasteiger partial charge on any atom is 0.203 e. The van der Waals surface area contributed by atoms with Gasteiger partial charge in [-0.05, 0) is 25.0 Å². The summed E-state index contributed by atoms with van der Waals surface area (Å²) in [4.78, 5) is 8.88. The average molecular weight is 258 g/mol. The molecule has 0 spiro atoms. The number of rotatable bonds is 6. The highest BCUT2D eigenvalue weighted by atomic mass is 15.2. The summed E-state index contributed by atoms with van der Waals surface area (Å²) in [6.45, 7) is 8.26. The topological polar surface area (TPSA) is 42.7 Å². The molecular formula is C15H22N4. The molecule has 1 N–H and O–H groups in total. The van der Waals surface area contributed by atoms with Gasteiger partial charge in [0.15, 0.2) is 0 Å². The number of aromatic nitrogens is 3. The van der Waals surface area contributed by atoms with Gasteiger partial charge in [-0.3, -0.25) is 4.98 Å². The number of aryl methyl sites for hydroxylation is 3. The third kappa shape index (κ3) is 4.09. The van der Waals surface area contributed by atoms with Gasteiger partial charge in [-0.2, -0.15) is 0 Å². The Morgan fingerprint density at radius 2 is 2.16 bits per heavy atom. The number of anilines is 1. The van der Waals surface area contributed by atoms with Crippen molar-refractivity contribution in [1.82, 2.24) is 14.5 Å². The first-order valence-electron chi connectivity index (χ1n) is 6.82. The fourth-order valence-corrected chi connectivity index (χ4v) is 1.93. The normalized spacial score (nSPS) is 10.9. The molecule has 2 aromatic heterocycles. The van der Waals surface area contributed by atoms with Crippen LogP contribution in [0.25, 0.3) is 0 Å². The van der Waals surface area contributed by atoms with Crippen LogP contribution in [-0.4, -0.2) is 21.1 Å². The number of hydrogen-bond donors (Lipinski definition) is 1. The van der Waals surface area contributed by atoms with Crippen molar-refractivity contribution in [3.63, 3.8) is 0 Å². The van der Waals surface area contributed by atoms with Crippen molar-refractivity contribution in [2.75, 3.05) is 11.9 Å². The lowest BCUT2D eigenvalue weighted by Crippen LogP contribution is -2.13. The molecule has 2 aromatic rings. The van der Waals surface area contributed by atoms with Crippen molar-refractivity contribution < 1.29 is 0 Å². The van der Waals surface area contributed by atoms with E-state index in [2.05, 4.69) is 46.0 Å². The van der Waals surface area contributed by atoms with E-state index >= 15 is 0 Å². The predicted octanol–water partition coefficient (Wildman–Crippen LogP) is 2.90. The van der Waals surface area contributed by atoms with Crippen LogP contribution in [0.3, 0.4) is 0 Å². The van der Waals surface area contributed by atoms with E-state index in [9.17, 15) is 0 Å². The van der Waals surface area contributed by atoms with Gasteiger partial charge in [-0.1, -0.05) is 19.9 Å². The molecule has 0 bridgehead atoms. The predicted molar refractivity (Wildman–Crippen MR) is 78.2 cm³/mol. The number of nitrogens with zero attached hydrogens (tertiary/aromatic N) is 3. The summed E-state index contributed by atoms with van der Waals surface area (Å²) in [6.07, 6.45) is 4.85. The van der Waals surface area contributed by atoms with E-state index in [-0.39, 0.29) is 0 Å². The standard InChI is InChI=1S/C15H22N4/c1-12(2)10-17-15-18-13(3)11-19(15)9-7-14-6-4-5-8-16-14/h4-6,8,11-12H,7,9-10H2,1-3H3,(H,17,18). The van der Waals surface area contributed by atoms with E-state index in [1.165, 1.54) is 0 Å². The molecule has 19 heavy (non-hydrogen) atoms. The summed E-state index contributed by atoms with van der Waals surface area (Å²) in [7, 11) is 0. The zero-order valence-corrected chi connectivity index (χ0v) is 11.9. The molecule has 0 atom stereocenters. The largest absolute Gasteiger partial charge is 0.355 e. The third-order valence-electron chi connectivity index (χ3n) is 2.90. The van der Waals surface area contributed by atoms with Crippen molar-refractivity contribution in [3.05, 3.63) is 42.0 Å². The third-order valence-corrected chi connectivity index (χ3v) is 2.90. The maximum absolute atomic E-state index is 4.53. The molecule has 0 aliphatic carbocycles. The summed E-state index contributed by atoms with van der Waals surface area (Å²) >= 11 is 0. The summed E-state index contributed by atoms with van der Waals surface area (Å²) in [5, 5.41) is 3.40. The van der Waals surface area contributed by atoms with Crippen LogP contribution in [0.4, 0.5) is 5.95 Å². The Morgan fingerprint density at radius 1 is 1.32 bits per heavy atom. The van der Waals surface area contributed by atoms with Gasteiger partial charge in [0.2, 0.25) is 5.95 Å². The maximum atomic E-state index is 4.53. The minimum atomic E-state index is 0.612. The van der Waals surface area contributed by atoms with Gasteiger partial charge < -0.3 is 9.88 Å². The Labute approximate surface area is 114 Å². The van der Waals surface area contributed by atoms with E-state index in [0.717, 1.165) is 36.8 Å². The van der Waals surface area contributed by atoms with Crippen LogP contribution in [0.2, 0.25) is 0 Å². The van der Waals surface area contributed by atoms with Gasteiger partial charge in [0.05, 0.1) is 5.69 Å². The van der Waals surface area contributed by atoms with Crippen LogP contribution in [-0.2, 0) is 13.0 Å². The summed E-state index contributed by atoms with van der Waals surface area (Å²) in [5.74, 6) is 1.57. The highest BCUT2D eigenvalue weighted by Gasteiger charge is 2.06. The summed E-state index contributed by atoms with van der Waals surface area (Å²) in [6, 6.07) is 6.03. The van der Waals surface area contributed by atoms with E-state index in [1.807, 2.05) is 25.3 Å². The van der Waals surface area contributed by atoms with Crippen molar-refractivity contribution in [1.29, 1.82) is 0 Å². The van der Waals surface area contributed by atoms with E-state index in [4.69, 9.17) is 0 Å². The quantitative estimate of drug-likeness (QED) is 0.866. The summed E-state index contributed by atoms with van der Waals surface area (Å²) < 4.78 is 2.17. The molecule has 0 radical (unpaired) electrons. The van der Waals surface area contributed by atoms with Crippen LogP contribution in [0.15, 0.2) is 30.6 Å². The highest BCUT2D eigenvalue weighted by molar-refractivity contribution is 5.28. The van der Waals surface area contributed by atoms with Crippen LogP contribution >= 0.6 is 0 Å². The van der Waals surface area contributed by atoms with Crippen molar-refractivity contribution in [2.45, 2.75) is 33.7 Å². The van der Waals surface area contributed by atoms with Gasteiger partial charge in [-0.25, -0.2) is 4.98 Å². The first-order valence-corrected chi connectivity index (χ1v) is 6.82. The van der Waals surface area contributed by atoms with Gasteiger partial charge in [0.25, 0.3) is 0 Å². The first kappa shape index (κ1) is 13.6. The van der Waals surface area contributed by atoms with E-state index in [1.54, 1.807) is 0 Å². The molecule has 0 saturated heterocycles. The van der Waals surface area contributed by atoms with Crippen molar-refractivity contribution in [3.8, 4) is 0 Å². The SMILES string of the molecule is Cc1cn(CCc2ccccn2)c(NCC(C)C)n1. The Morgan fingerprint density at radius 3 is 2.84 bits per heavy atom. The van der Waals surface area contributed by atoms with Crippen LogP contribution < -0.4 is 5.32 Å². The highest BCUT2D eigenvalue weighted by Crippen LogP contribution is 2.10. The second-order valence-electron chi connectivity index (χ2n) is 5.25. The molecule has 0 unspecified atom stereocenters. The number of nitrogens with one attached hydrogen (secondary N) is 1. The molecule has 2 heterocycles.